The Bertz CT molecular complexity index is 557. The van der Waals surface area contributed by atoms with Crippen molar-refractivity contribution in [3.05, 3.63) is 41.7 Å². The molecule has 0 bridgehead atoms. The van der Waals surface area contributed by atoms with Crippen LogP contribution in [0.3, 0.4) is 0 Å². The van der Waals surface area contributed by atoms with Crippen LogP contribution < -0.4 is 10.6 Å². The summed E-state index contributed by atoms with van der Waals surface area (Å²) in [5, 5.41) is 9.19. The minimum atomic E-state index is -0.562. The lowest BCUT2D eigenvalue weighted by Gasteiger charge is -2.09. The molecule has 0 aromatic carbocycles. The number of halogens is 1. The normalized spacial score (nSPS) is 10.2. The first kappa shape index (κ1) is 13.0. The minimum Gasteiger partial charge on any atom is -0.370 e. The highest BCUT2D eigenvalue weighted by atomic mass is 19.1. The van der Waals surface area contributed by atoms with Gasteiger partial charge in [-0.2, -0.15) is 0 Å². The van der Waals surface area contributed by atoms with Crippen molar-refractivity contribution in [2.45, 2.75) is 13.5 Å². The van der Waals surface area contributed by atoms with E-state index in [1.807, 2.05) is 6.92 Å². The summed E-state index contributed by atoms with van der Waals surface area (Å²) in [5.41, 5.74) is 0.744. The molecule has 2 rings (SSSR count). The Labute approximate surface area is 109 Å². The SMILES string of the molecule is CCNc1ncc(F)cc1C(=O)NCc1ccon1. The number of hydrogen-bond acceptors (Lipinski definition) is 5. The van der Waals surface area contributed by atoms with E-state index in [0.29, 0.717) is 18.1 Å². The van der Waals surface area contributed by atoms with Crippen molar-refractivity contribution < 1.29 is 13.7 Å². The van der Waals surface area contributed by atoms with Crippen LogP contribution in [0.15, 0.2) is 29.1 Å². The van der Waals surface area contributed by atoms with Crippen molar-refractivity contribution in [2.75, 3.05) is 11.9 Å². The molecule has 19 heavy (non-hydrogen) atoms. The highest BCUT2D eigenvalue weighted by molar-refractivity contribution is 5.98. The molecule has 0 saturated carbocycles. The molecule has 0 aliphatic heterocycles. The van der Waals surface area contributed by atoms with E-state index in [1.165, 1.54) is 6.26 Å². The molecular weight excluding hydrogens is 251 g/mol. The number of nitrogens with one attached hydrogen (secondary N) is 2. The average molecular weight is 264 g/mol. The lowest BCUT2D eigenvalue weighted by Crippen LogP contribution is -2.24. The van der Waals surface area contributed by atoms with E-state index in [-0.39, 0.29) is 12.1 Å². The number of carbonyl (C=O) groups is 1. The number of nitrogens with zero attached hydrogens (tertiary/aromatic N) is 2. The molecule has 0 radical (unpaired) electrons. The summed E-state index contributed by atoms with van der Waals surface area (Å²) in [7, 11) is 0. The van der Waals surface area contributed by atoms with Crippen molar-refractivity contribution in [3.8, 4) is 0 Å². The van der Waals surface area contributed by atoms with Gasteiger partial charge in [0.1, 0.15) is 23.6 Å². The van der Waals surface area contributed by atoms with Crippen molar-refractivity contribution in [3.63, 3.8) is 0 Å². The van der Waals surface area contributed by atoms with Crippen LogP contribution in [0.5, 0.6) is 0 Å². The van der Waals surface area contributed by atoms with Gasteiger partial charge in [-0.05, 0) is 13.0 Å². The Kier molecular flexibility index (Phi) is 4.07. The van der Waals surface area contributed by atoms with E-state index >= 15 is 0 Å². The molecule has 100 valence electrons. The van der Waals surface area contributed by atoms with E-state index in [4.69, 9.17) is 0 Å². The molecule has 6 nitrogen and oxygen atoms in total. The highest BCUT2D eigenvalue weighted by Gasteiger charge is 2.13. The molecule has 7 heteroatoms. The van der Waals surface area contributed by atoms with E-state index in [1.54, 1.807) is 6.07 Å². The molecule has 0 atom stereocenters. The van der Waals surface area contributed by atoms with Gasteiger partial charge in [0.05, 0.1) is 18.3 Å². The van der Waals surface area contributed by atoms with Crippen LogP contribution in [0.4, 0.5) is 10.2 Å². The Balaban J connectivity index is 2.11. The maximum atomic E-state index is 13.2. The third-order valence-corrected chi connectivity index (χ3v) is 2.36. The molecule has 2 heterocycles. The Hall–Kier alpha value is -2.44. The van der Waals surface area contributed by atoms with Crippen LogP contribution in [-0.2, 0) is 6.54 Å². The zero-order valence-corrected chi connectivity index (χ0v) is 10.3. The highest BCUT2D eigenvalue weighted by Crippen LogP contribution is 2.13. The van der Waals surface area contributed by atoms with Crippen LogP contribution in [0, 0.1) is 5.82 Å². The molecule has 0 fully saturated rings. The minimum absolute atomic E-state index is 0.158. The van der Waals surface area contributed by atoms with Crippen LogP contribution in [0.1, 0.15) is 23.0 Å². The lowest BCUT2D eigenvalue weighted by molar-refractivity contribution is 0.0950. The summed E-state index contributed by atoms with van der Waals surface area (Å²) in [6.45, 7) is 2.65. The van der Waals surface area contributed by atoms with Crippen LogP contribution >= 0.6 is 0 Å². The predicted molar refractivity (Wildman–Crippen MR) is 66.0 cm³/mol. The monoisotopic (exact) mass is 264 g/mol. The van der Waals surface area contributed by atoms with E-state index in [0.717, 1.165) is 12.3 Å². The molecule has 2 aromatic heterocycles. The van der Waals surface area contributed by atoms with E-state index in [2.05, 4.69) is 25.3 Å². The first-order chi connectivity index (χ1) is 9.20. The standard InChI is InChI=1S/C12H13FN4O2/c1-2-14-11-10(5-8(13)6-15-11)12(18)16-7-9-3-4-19-17-9/h3-6H,2,7H2,1H3,(H,14,15)(H,16,18). The van der Waals surface area contributed by atoms with Gasteiger partial charge in [0.15, 0.2) is 0 Å². The van der Waals surface area contributed by atoms with Crippen LogP contribution in [-0.4, -0.2) is 22.6 Å². The van der Waals surface area contributed by atoms with Crippen molar-refractivity contribution in [1.82, 2.24) is 15.5 Å². The van der Waals surface area contributed by atoms with Gasteiger partial charge in [-0.3, -0.25) is 4.79 Å². The topological polar surface area (TPSA) is 80.0 Å². The maximum absolute atomic E-state index is 13.2. The van der Waals surface area contributed by atoms with Crippen molar-refractivity contribution in [2.24, 2.45) is 0 Å². The van der Waals surface area contributed by atoms with Gasteiger partial charge in [-0.1, -0.05) is 5.16 Å². The zero-order chi connectivity index (χ0) is 13.7. The fourth-order valence-corrected chi connectivity index (χ4v) is 1.52. The second-order valence-corrected chi connectivity index (χ2v) is 3.75. The summed E-state index contributed by atoms with van der Waals surface area (Å²) >= 11 is 0. The fraction of sp³-hybridized carbons (Fsp3) is 0.250. The first-order valence-electron chi connectivity index (χ1n) is 5.77. The summed E-state index contributed by atoms with van der Waals surface area (Å²) in [6, 6.07) is 2.78. The molecule has 0 unspecified atom stereocenters. The molecule has 2 aromatic rings. The number of aromatic nitrogens is 2. The first-order valence-corrected chi connectivity index (χ1v) is 5.77. The summed E-state index contributed by atoms with van der Waals surface area (Å²) < 4.78 is 17.8. The van der Waals surface area contributed by atoms with Gasteiger partial charge in [0.25, 0.3) is 5.91 Å². The molecular formula is C12H13FN4O2. The van der Waals surface area contributed by atoms with Gasteiger partial charge in [0.2, 0.25) is 0 Å². The van der Waals surface area contributed by atoms with Crippen LogP contribution in [0.2, 0.25) is 0 Å². The number of anilines is 1. The maximum Gasteiger partial charge on any atom is 0.255 e. The molecule has 0 spiro atoms. The van der Waals surface area contributed by atoms with Gasteiger partial charge in [-0.15, -0.1) is 0 Å². The molecule has 0 aliphatic rings. The second-order valence-electron chi connectivity index (χ2n) is 3.75. The van der Waals surface area contributed by atoms with Gasteiger partial charge in [0, 0.05) is 12.6 Å². The number of pyridine rings is 1. The Morgan fingerprint density at radius 3 is 3.05 bits per heavy atom. The summed E-state index contributed by atoms with van der Waals surface area (Å²) in [4.78, 5) is 15.8. The molecule has 0 saturated heterocycles. The quantitative estimate of drug-likeness (QED) is 0.856. The van der Waals surface area contributed by atoms with Crippen LogP contribution in [0.25, 0.3) is 0 Å². The van der Waals surface area contributed by atoms with Gasteiger partial charge < -0.3 is 15.2 Å². The van der Waals surface area contributed by atoms with Gasteiger partial charge >= 0.3 is 0 Å². The molecule has 0 aliphatic carbocycles. The Morgan fingerprint density at radius 1 is 1.53 bits per heavy atom. The average Bonchev–Trinajstić information content (AvgIpc) is 2.91. The number of rotatable bonds is 5. The molecule has 2 N–H and O–H groups in total. The summed E-state index contributed by atoms with van der Waals surface area (Å²) in [5.74, 6) is -0.638. The molecule has 1 amide bonds. The van der Waals surface area contributed by atoms with Crippen molar-refractivity contribution in [1.29, 1.82) is 0 Å². The summed E-state index contributed by atoms with van der Waals surface area (Å²) in [6.07, 6.45) is 2.47. The third kappa shape index (κ3) is 3.27. The Morgan fingerprint density at radius 2 is 2.37 bits per heavy atom. The zero-order valence-electron chi connectivity index (χ0n) is 10.3. The predicted octanol–water partition coefficient (Wildman–Crippen LogP) is 1.57. The fourth-order valence-electron chi connectivity index (χ4n) is 1.52. The largest absolute Gasteiger partial charge is 0.370 e. The lowest BCUT2D eigenvalue weighted by atomic mass is 10.2. The smallest absolute Gasteiger partial charge is 0.255 e. The van der Waals surface area contributed by atoms with Crippen molar-refractivity contribution >= 4 is 11.7 Å². The van der Waals surface area contributed by atoms with Gasteiger partial charge in [-0.25, -0.2) is 9.37 Å². The second kappa shape index (κ2) is 5.94. The number of amides is 1. The van der Waals surface area contributed by atoms with E-state index < -0.39 is 11.7 Å². The third-order valence-electron chi connectivity index (χ3n) is 2.36. The van der Waals surface area contributed by atoms with E-state index in [9.17, 15) is 9.18 Å². The number of carbonyl (C=O) groups excluding carboxylic acids is 1. The number of hydrogen-bond donors (Lipinski definition) is 2.